The smallest absolute Gasteiger partial charge is 0.339 e. The highest BCUT2D eigenvalue weighted by Gasteiger charge is 2.19. The molecule has 0 heterocycles. The highest BCUT2D eigenvalue weighted by atomic mass is 79.9. The average molecular weight is 309 g/mol. The summed E-state index contributed by atoms with van der Waals surface area (Å²) in [5.74, 6) is -2.18. The molecule has 5 nitrogen and oxygen atoms in total. The molecule has 0 fully saturated rings. The minimum absolute atomic E-state index is 0.0253. The number of aromatic hydroxyl groups is 1. The predicted octanol–water partition coefficient (Wildman–Crippen LogP) is 2.46. The third-order valence-corrected chi connectivity index (χ3v) is 2.79. The fraction of sp³-hybridized carbons (Fsp3) is 0.111. The van der Waals surface area contributed by atoms with E-state index in [0.29, 0.717) is 0 Å². The number of carboxylic acids is 1. The normalized spacial score (nSPS) is 9.94. The number of phenols is 1. The molecule has 0 aliphatic heterocycles. The number of aromatic carboxylic acids is 1. The van der Waals surface area contributed by atoms with Crippen molar-refractivity contribution in [2.45, 2.75) is 6.92 Å². The zero-order valence-corrected chi connectivity index (χ0v) is 10.4. The molecular weight excluding hydrogens is 301 g/mol. The first-order valence-corrected chi connectivity index (χ1v) is 5.23. The van der Waals surface area contributed by atoms with Crippen molar-refractivity contribution in [1.29, 1.82) is 0 Å². The number of anilines is 1. The van der Waals surface area contributed by atoms with Gasteiger partial charge in [-0.2, -0.15) is 0 Å². The molecule has 0 radical (unpaired) electrons. The zero-order chi connectivity index (χ0) is 12.5. The second kappa shape index (κ2) is 4.71. The van der Waals surface area contributed by atoms with Crippen molar-refractivity contribution < 1.29 is 19.8 Å². The molecule has 0 saturated carbocycles. The summed E-state index contributed by atoms with van der Waals surface area (Å²) in [6.07, 6.45) is 0. The summed E-state index contributed by atoms with van der Waals surface area (Å²) in [4.78, 5) is 21.6. The number of nitrogens with one attached hydrogen (secondary N) is 1. The topological polar surface area (TPSA) is 86.6 Å². The van der Waals surface area contributed by atoms with Gasteiger partial charge in [-0.15, -0.1) is 0 Å². The number of halogens is 2. The molecule has 1 amide bonds. The Labute approximate surface area is 104 Å². The van der Waals surface area contributed by atoms with E-state index in [-0.39, 0.29) is 26.7 Å². The van der Waals surface area contributed by atoms with Gasteiger partial charge in [0, 0.05) is 6.92 Å². The van der Waals surface area contributed by atoms with Crippen molar-refractivity contribution in [3.05, 3.63) is 21.1 Å². The van der Waals surface area contributed by atoms with Crippen LogP contribution in [0.5, 0.6) is 5.75 Å². The summed E-state index contributed by atoms with van der Waals surface area (Å²) in [7, 11) is 0. The van der Waals surface area contributed by atoms with Crippen molar-refractivity contribution >= 4 is 45.1 Å². The minimum Gasteiger partial charge on any atom is -0.506 e. The van der Waals surface area contributed by atoms with E-state index >= 15 is 0 Å². The average Bonchev–Trinajstić information content (AvgIpc) is 2.17. The number of carbonyl (C=O) groups is 2. The van der Waals surface area contributed by atoms with Crippen LogP contribution < -0.4 is 5.32 Å². The summed E-state index contributed by atoms with van der Waals surface area (Å²) in [6, 6.07) is 1.06. The number of carboxylic acid groups (broad SMARTS) is 1. The molecule has 0 spiro atoms. The lowest BCUT2D eigenvalue weighted by molar-refractivity contribution is -0.114. The fourth-order valence-corrected chi connectivity index (χ4v) is 1.95. The Bertz CT molecular complexity index is 475. The first-order chi connectivity index (χ1) is 7.34. The van der Waals surface area contributed by atoms with Crippen LogP contribution in [0, 0.1) is 0 Å². The second-order valence-corrected chi connectivity index (χ2v) is 4.13. The molecule has 16 heavy (non-hydrogen) atoms. The fourth-order valence-electron chi connectivity index (χ4n) is 1.06. The predicted molar refractivity (Wildman–Crippen MR) is 62.1 cm³/mol. The van der Waals surface area contributed by atoms with Crippen LogP contribution >= 0.6 is 27.5 Å². The molecule has 0 aliphatic rings. The SMILES string of the molecule is CC(=O)Nc1c(Cl)cc(C(=O)O)c(O)c1Br. The zero-order valence-electron chi connectivity index (χ0n) is 8.04. The monoisotopic (exact) mass is 307 g/mol. The first-order valence-electron chi connectivity index (χ1n) is 4.06. The highest BCUT2D eigenvalue weighted by molar-refractivity contribution is 9.10. The molecule has 0 aromatic heterocycles. The van der Waals surface area contributed by atoms with Gasteiger partial charge in [0.25, 0.3) is 0 Å². The summed E-state index contributed by atoms with van der Waals surface area (Å²) < 4.78 is 0.0348. The van der Waals surface area contributed by atoms with Crippen LogP contribution in [0.2, 0.25) is 5.02 Å². The molecule has 1 rings (SSSR count). The van der Waals surface area contributed by atoms with E-state index in [1.54, 1.807) is 0 Å². The number of hydrogen-bond acceptors (Lipinski definition) is 3. The molecule has 0 saturated heterocycles. The third-order valence-electron chi connectivity index (χ3n) is 1.72. The Morgan fingerprint density at radius 1 is 1.50 bits per heavy atom. The molecular formula is C9H7BrClNO4. The van der Waals surface area contributed by atoms with Crippen LogP contribution in [-0.2, 0) is 4.79 Å². The van der Waals surface area contributed by atoms with E-state index in [2.05, 4.69) is 21.2 Å². The standard InChI is InChI=1S/C9H7BrClNO4/c1-3(13)12-7-5(11)2-4(9(15)16)8(14)6(7)10/h2,14H,1H3,(H,12,13)(H,15,16). The van der Waals surface area contributed by atoms with Crippen LogP contribution in [0.3, 0.4) is 0 Å². The van der Waals surface area contributed by atoms with Gasteiger partial charge in [0.2, 0.25) is 5.91 Å². The van der Waals surface area contributed by atoms with Crippen molar-refractivity contribution in [3.8, 4) is 5.75 Å². The first kappa shape index (κ1) is 12.8. The van der Waals surface area contributed by atoms with E-state index in [1.165, 1.54) is 6.92 Å². The lowest BCUT2D eigenvalue weighted by Crippen LogP contribution is -2.08. The van der Waals surface area contributed by atoms with Gasteiger partial charge in [0.1, 0.15) is 11.3 Å². The number of benzene rings is 1. The van der Waals surface area contributed by atoms with Crippen LogP contribution in [0.25, 0.3) is 0 Å². The molecule has 1 aromatic carbocycles. The van der Waals surface area contributed by atoms with Gasteiger partial charge in [-0.05, 0) is 22.0 Å². The van der Waals surface area contributed by atoms with Crippen LogP contribution in [0.4, 0.5) is 5.69 Å². The number of carbonyl (C=O) groups excluding carboxylic acids is 1. The molecule has 0 aliphatic carbocycles. The Kier molecular flexibility index (Phi) is 3.77. The maximum absolute atomic E-state index is 10.9. The molecule has 86 valence electrons. The van der Waals surface area contributed by atoms with Gasteiger partial charge in [0.15, 0.2) is 0 Å². The number of amides is 1. The summed E-state index contributed by atoms with van der Waals surface area (Å²) >= 11 is 8.74. The van der Waals surface area contributed by atoms with Gasteiger partial charge >= 0.3 is 5.97 Å². The largest absolute Gasteiger partial charge is 0.506 e. The minimum atomic E-state index is -1.31. The van der Waals surface area contributed by atoms with Gasteiger partial charge in [-0.1, -0.05) is 11.6 Å². The summed E-state index contributed by atoms with van der Waals surface area (Å²) in [5.41, 5.74) is -0.206. The molecule has 1 aromatic rings. The second-order valence-electron chi connectivity index (χ2n) is 2.93. The van der Waals surface area contributed by atoms with Crippen molar-refractivity contribution in [1.82, 2.24) is 0 Å². The number of hydrogen-bond donors (Lipinski definition) is 3. The third kappa shape index (κ3) is 2.45. The lowest BCUT2D eigenvalue weighted by atomic mass is 10.2. The van der Waals surface area contributed by atoms with E-state index < -0.39 is 11.7 Å². The maximum atomic E-state index is 10.9. The van der Waals surface area contributed by atoms with E-state index in [4.69, 9.17) is 16.7 Å². The van der Waals surface area contributed by atoms with Gasteiger partial charge in [-0.25, -0.2) is 4.79 Å². The van der Waals surface area contributed by atoms with Gasteiger partial charge < -0.3 is 15.5 Å². The molecule has 3 N–H and O–H groups in total. The van der Waals surface area contributed by atoms with Crippen LogP contribution in [-0.4, -0.2) is 22.1 Å². The van der Waals surface area contributed by atoms with Crippen molar-refractivity contribution in [3.63, 3.8) is 0 Å². The van der Waals surface area contributed by atoms with Crippen LogP contribution in [0.1, 0.15) is 17.3 Å². The highest BCUT2D eigenvalue weighted by Crippen LogP contribution is 2.40. The Morgan fingerprint density at radius 2 is 2.06 bits per heavy atom. The molecule has 0 bridgehead atoms. The maximum Gasteiger partial charge on any atom is 0.339 e. The Hall–Kier alpha value is -1.27. The van der Waals surface area contributed by atoms with Crippen LogP contribution in [0.15, 0.2) is 10.5 Å². The van der Waals surface area contributed by atoms with E-state index in [1.807, 2.05) is 0 Å². The molecule has 0 atom stereocenters. The van der Waals surface area contributed by atoms with E-state index in [0.717, 1.165) is 6.07 Å². The van der Waals surface area contributed by atoms with Gasteiger partial charge in [0.05, 0.1) is 15.2 Å². The Morgan fingerprint density at radius 3 is 2.50 bits per heavy atom. The lowest BCUT2D eigenvalue weighted by Gasteiger charge is -2.11. The van der Waals surface area contributed by atoms with E-state index in [9.17, 15) is 14.7 Å². The van der Waals surface area contributed by atoms with Crippen molar-refractivity contribution in [2.24, 2.45) is 0 Å². The molecule has 7 heteroatoms. The van der Waals surface area contributed by atoms with Crippen molar-refractivity contribution in [2.75, 3.05) is 5.32 Å². The summed E-state index contributed by atoms with van der Waals surface area (Å²) in [5, 5.41) is 20.7. The number of rotatable bonds is 2. The Balaban J connectivity index is 3.39. The molecule has 0 unspecified atom stereocenters. The summed E-state index contributed by atoms with van der Waals surface area (Å²) in [6.45, 7) is 1.27. The van der Waals surface area contributed by atoms with Gasteiger partial charge in [-0.3, -0.25) is 4.79 Å². The quantitative estimate of drug-likeness (QED) is 0.783.